The molecule has 82 valence electrons. The van der Waals surface area contributed by atoms with E-state index in [2.05, 4.69) is 5.92 Å². The molecule has 0 unspecified atom stereocenters. The van der Waals surface area contributed by atoms with Crippen LogP contribution in [0.2, 0.25) is 0 Å². The molecule has 0 aromatic heterocycles. The third-order valence-electron chi connectivity index (χ3n) is 2.78. The van der Waals surface area contributed by atoms with Crippen LogP contribution in [0.4, 0.5) is 14.5 Å². The monoisotopic (exact) mass is 223 g/mol. The molecule has 16 heavy (non-hydrogen) atoms. The first-order valence-electron chi connectivity index (χ1n) is 4.62. The van der Waals surface area contributed by atoms with Crippen molar-refractivity contribution in [1.29, 1.82) is 0 Å². The Morgan fingerprint density at radius 2 is 1.94 bits per heavy atom. The van der Waals surface area contributed by atoms with Gasteiger partial charge >= 0.3 is 0 Å². The van der Waals surface area contributed by atoms with Crippen LogP contribution < -0.4 is 0 Å². The van der Waals surface area contributed by atoms with Crippen molar-refractivity contribution in [3.63, 3.8) is 0 Å². The van der Waals surface area contributed by atoms with Crippen LogP contribution in [0.1, 0.15) is 18.4 Å². The van der Waals surface area contributed by atoms with Crippen molar-refractivity contribution in [2.24, 2.45) is 0 Å². The zero-order chi connectivity index (χ0) is 11.9. The summed E-state index contributed by atoms with van der Waals surface area (Å²) in [5.41, 5.74) is -1.13. The number of hydrogen-bond donors (Lipinski definition) is 0. The molecule has 0 aliphatic heterocycles. The molecule has 1 saturated carbocycles. The Kier molecular flexibility index (Phi) is 2.16. The van der Waals surface area contributed by atoms with Crippen molar-refractivity contribution in [3.05, 3.63) is 39.4 Å². The molecule has 1 aromatic rings. The molecule has 1 aromatic carbocycles. The van der Waals surface area contributed by atoms with Gasteiger partial charge in [-0.25, -0.2) is 8.78 Å². The summed E-state index contributed by atoms with van der Waals surface area (Å²) in [6, 6.07) is 1.42. The number of nitro benzene ring substituents is 1. The highest BCUT2D eigenvalue weighted by Gasteiger charge is 2.47. The zero-order valence-corrected chi connectivity index (χ0v) is 8.17. The van der Waals surface area contributed by atoms with Gasteiger partial charge in [0.05, 0.1) is 22.0 Å². The molecule has 3 nitrogen and oxygen atoms in total. The Morgan fingerprint density at radius 1 is 1.38 bits per heavy atom. The number of rotatable bonds is 2. The number of hydrogen-bond acceptors (Lipinski definition) is 2. The lowest BCUT2D eigenvalue weighted by molar-refractivity contribution is -0.386. The van der Waals surface area contributed by atoms with Crippen molar-refractivity contribution in [1.82, 2.24) is 0 Å². The first kappa shape index (κ1) is 10.6. The maximum absolute atomic E-state index is 13.1. The molecule has 0 amide bonds. The van der Waals surface area contributed by atoms with Crippen LogP contribution in [0.3, 0.4) is 0 Å². The maximum atomic E-state index is 13.1. The van der Waals surface area contributed by atoms with Gasteiger partial charge in [0.2, 0.25) is 0 Å². The van der Waals surface area contributed by atoms with Gasteiger partial charge in [0.25, 0.3) is 5.69 Å². The molecule has 1 aliphatic carbocycles. The summed E-state index contributed by atoms with van der Waals surface area (Å²) in [5, 5.41) is 10.7. The van der Waals surface area contributed by atoms with Gasteiger partial charge < -0.3 is 0 Å². The second-order valence-electron chi connectivity index (χ2n) is 3.77. The summed E-state index contributed by atoms with van der Waals surface area (Å²) >= 11 is 0. The molecule has 1 aliphatic rings. The highest BCUT2D eigenvalue weighted by Crippen LogP contribution is 2.50. The minimum Gasteiger partial charge on any atom is -0.258 e. The van der Waals surface area contributed by atoms with Crippen LogP contribution >= 0.6 is 0 Å². The Bertz CT molecular complexity index is 515. The fraction of sp³-hybridized carbons (Fsp3) is 0.273. The molecule has 5 heteroatoms. The van der Waals surface area contributed by atoms with E-state index in [0.29, 0.717) is 18.9 Å². The summed E-state index contributed by atoms with van der Waals surface area (Å²) in [6.07, 6.45) is 6.40. The van der Waals surface area contributed by atoms with E-state index < -0.39 is 27.7 Å². The van der Waals surface area contributed by atoms with Gasteiger partial charge in [-0.2, -0.15) is 0 Å². The minimum atomic E-state index is -1.23. The van der Waals surface area contributed by atoms with Crippen LogP contribution in [0.5, 0.6) is 0 Å². The van der Waals surface area contributed by atoms with E-state index in [1.165, 1.54) is 0 Å². The second kappa shape index (κ2) is 3.27. The predicted molar refractivity (Wildman–Crippen MR) is 52.8 cm³/mol. The summed E-state index contributed by atoms with van der Waals surface area (Å²) in [7, 11) is 0. The van der Waals surface area contributed by atoms with E-state index >= 15 is 0 Å². The number of nitro groups is 1. The van der Waals surface area contributed by atoms with Gasteiger partial charge in [0, 0.05) is 0 Å². The van der Waals surface area contributed by atoms with E-state index in [4.69, 9.17) is 6.42 Å². The second-order valence-corrected chi connectivity index (χ2v) is 3.77. The predicted octanol–water partition coefficient (Wildman–Crippen LogP) is 2.54. The van der Waals surface area contributed by atoms with Gasteiger partial charge in [-0.15, -0.1) is 6.42 Å². The lowest BCUT2D eigenvalue weighted by Crippen LogP contribution is -2.08. The number of nitrogens with zero attached hydrogens (tertiary/aromatic N) is 1. The van der Waals surface area contributed by atoms with Crippen molar-refractivity contribution in [2.45, 2.75) is 18.3 Å². The van der Waals surface area contributed by atoms with Crippen LogP contribution in [0.25, 0.3) is 0 Å². The summed E-state index contributed by atoms with van der Waals surface area (Å²) in [4.78, 5) is 9.98. The molecule has 0 spiro atoms. The molecular weight excluding hydrogens is 216 g/mol. The lowest BCUT2D eigenvalue weighted by atomic mass is 9.95. The van der Waals surface area contributed by atoms with E-state index in [9.17, 15) is 18.9 Å². The van der Waals surface area contributed by atoms with Gasteiger partial charge in [0.15, 0.2) is 11.6 Å². The third-order valence-corrected chi connectivity index (χ3v) is 2.78. The molecule has 0 bridgehead atoms. The molecule has 2 rings (SSSR count). The van der Waals surface area contributed by atoms with Crippen molar-refractivity contribution >= 4 is 5.69 Å². The average molecular weight is 223 g/mol. The topological polar surface area (TPSA) is 43.1 Å². The van der Waals surface area contributed by atoms with Crippen LogP contribution in [-0.2, 0) is 5.41 Å². The van der Waals surface area contributed by atoms with Crippen LogP contribution in [-0.4, -0.2) is 4.92 Å². The smallest absolute Gasteiger partial charge is 0.258 e. The summed E-state index contributed by atoms with van der Waals surface area (Å²) in [6.45, 7) is 0. The number of halogens is 2. The average Bonchev–Trinajstić information content (AvgIpc) is 3.02. The third kappa shape index (κ3) is 1.43. The highest BCUT2D eigenvalue weighted by molar-refractivity contribution is 5.53. The SMILES string of the molecule is C#CC1(c2cc(F)c(F)cc2[N+](=O)[O-])CC1. The van der Waals surface area contributed by atoms with Crippen LogP contribution in [0, 0.1) is 34.1 Å². The summed E-state index contributed by atoms with van der Waals surface area (Å²) < 4.78 is 26.0. The largest absolute Gasteiger partial charge is 0.277 e. The van der Waals surface area contributed by atoms with E-state index in [-0.39, 0.29) is 5.56 Å². The Balaban J connectivity index is 2.65. The molecular formula is C11H7F2NO2. The quantitative estimate of drug-likeness (QED) is 0.439. The Morgan fingerprint density at radius 3 is 2.38 bits per heavy atom. The normalized spacial score (nSPS) is 16.6. The molecule has 0 saturated heterocycles. The summed E-state index contributed by atoms with van der Waals surface area (Å²) in [5.74, 6) is 0.0749. The molecule has 0 heterocycles. The fourth-order valence-electron chi connectivity index (χ4n) is 1.69. The van der Waals surface area contributed by atoms with Crippen molar-refractivity contribution in [3.8, 4) is 12.3 Å². The van der Waals surface area contributed by atoms with Gasteiger partial charge in [0.1, 0.15) is 0 Å². The van der Waals surface area contributed by atoms with Crippen molar-refractivity contribution < 1.29 is 13.7 Å². The first-order valence-corrected chi connectivity index (χ1v) is 4.62. The maximum Gasteiger partial charge on any atom is 0.277 e. The van der Waals surface area contributed by atoms with Crippen LogP contribution in [0.15, 0.2) is 12.1 Å². The van der Waals surface area contributed by atoms with E-state index in [1.54, 1.807) is 0 Å². The fourth-order valence-corrected chi connectivity index (χ4v) is 1.69. The highest BCUT2D eigenvalue weighted by atomic mass is 19.2. The molecule has 0 atom stereocenters. The lowest BCUT2D eigenvalue weighted by Gasteiger charge is -2.09. The number of terminal acetylenes is 1. The van der Waals surface area contributed by atoms with Gasteiger partial charge in [-0.1, -0.05) is 5.92 Å². The molecule has 0 N–H and O–H groups in total. The van der Waals surface area contributed by atoms with E-state index in [1.807, 2.05) is 0 Å². The number of benzene rings is 1. The van der Waals surface area contributed by atoms with Gasteiger partial charge in [-0.05, 0) is 18.9 Å². The zero-order valence-electron chi connectivity index (χ0n) is 8.17. The Hall–Kier alpha value is -1.96. The minimum absolute atomic E-state index is 0.0962. The van der Waals surface area contributed by atoms with E-state index in [0.717, 1.165) is 6.07 Å². The molecule has 0 radical (unpaired) electrons. The molecule has 1 fully saturated rings. The van der Waals surface area contributed by atoms with Gasteiger partial charge in [-0.3, -0.25) is 10.1 Å². The first-order chi connectivity index (χ1) is 7.50. The standard InChI is InChI=1S/C11H7F2NO2/c1-2-11(3-4-11)7-5-8(12)9(13)6-10(7)14(15)16/h1,5-6H,3-4H2. The Labute approximate surface area is 90.2 Å². The van der Waals surface area contributed by atoms with Crippen molar-refractivity contribution in [2.75, 3.05) is 0 Å².